The van der Waals surface area contributed by atoms with Gasteiger partial charge in [0.05, 0.1) is 0 Å². The molecule has 2 saturated heterocycles. The van der Waals surface area contributed by atoms with Gasteiger partial charge in [0, 0.05) is 19.0 Å². The number of nitrogens with zero attached hydrogens (tertiary/aromatic N) is 2. The summed E-state index contributed by atoms with van der Waals surface area (Å²) in [6.45, 7) is 3.57. The van der Waals surface area contributed by atoms with E-state index in [4.69, 9.17) is 9.47 Å². The molecule has 0 aromatic carbocycles. The molecule has 0 saturated carbocycles. The number of anilines is 1. The third-order valence-corrected chi connectivity index (χ3v) is 6.01. The van der Waals surface area contributed by atoms with Gasteiger partial charge >= 0.3 is 0 Å². The molecule has 3 atom stereocenters. The van der Waals surface area contributed by atoms with Gasteiger partial charge in [0.15, 0.2) is 17.6 Å². The number of amides is 2. The molecule has 0 spiro atoms. The fourth-order valence-corrected chi connectivity index (χ4v) is 4.22. The van der Waals surface area contributed by atoms with E-state index in [-0.39, 0.29) is 41.7 Å². The van der Waals surface area contributed by atoms with Crippen molar-refractivity contribution in [2.24, 2.45) is 0 Å². The van der Waals surface area contributed by atoms with Crippen LogP contribution in [0.4, 0.5) is 14.6 Å². The lowest BCUT2D eigenvalue weighted by atomic mass is 10.1. The quantitative estimate of drug-likeness (QED) is 0.361. The number of carbonyl (C=O) groups excluding carboxylic acids is 2. The molecular formula is C24H30F2N6O4. The molecule has 0 radical (unpaired) electrons. The highest BCUT2D eigenvalue weighted by molar-refractivity contribution is 5.98. The van der Waals surface area contributed by atoms with Crippen molar-refractivity contribution in [3.05, 3.63) is 41.9 Å². The lowest BCUT2D eigenvalue weighted by Crippen LogP contribution is -2.37. The van der Waals surface area contributed by atoms with Crippen LogP contribution in [-0.2, 0) is 9.59 Å². The molecule has 4 heterocycles. The van der Waals surface area contributed by atoms with E-state index in [2.05, 4.69) is 31.2 Å². The maximum absolute atomic E-state index is 14.1. The van der Waals surface area contributed by atoms with Gasteiger partial charge in [0.1, 0.15) is 24.7 Å². The molecule has 2 amide bonds. The zero-order chi connectivity index (χ0) is 25.5. The Morgan fingerprint density at radius 3 is 2.14 bits per heavy atom. The first-order chi connectivity index (χ1) is 17.4. The van der Waals surface area contributed by atoms with Crippen LogP contribution in [-0.4, -0.2) is 60.2 Å². The maximum Gasteiger partial charge on any atom is 0.254 e. The zero-order valence-corrected chi connectivity index (χ0v) is 20.0. The predicted octanol–water partition coefficient (Wildman–Crippen LogP) is 1.83. The number of nitrogens with one attached hydrogen (secondary N) is 4. The van der Waals surface area contributed by atoms with Crippen LogP contribution in [0.15, 0.2) is 24.3 Å². The summed E-state index contributed by atoms with van der Waals surface area (Å²) in [7, 11) is 0. The Labute approximate surface area is 207 Å². The molecular weight excluding hydrogens is 474 g/mol. The van der Waals surface area contributed by atoms with Crippen LogP contribution < -0.4 is 30.7 Å². The van der Waals surface area contributed by atoms with Crippen molar-refractivity contribution in [1.29, 1.82) is 0 Å². The molecule has 2 aromatic rings. The van der Waals surface area contributed by atoms with Gasteiger partial charge in [0.25, 0.3) is 5.91 Å². The highest BCUT2D eigenvalue weighted by Crippen LogP contribution is 2.28. The molecule has 194 valence electrons. The van der Waals surface area contributed by atoms with E-state index >= 15 is 0 Å². The highest BCUT2D eigenvalue weighted by Gasteiger charge is 2.29. The van der Waals surface area contributed by atoms with Gasteiger partial charge in [-0.3, -0.25) is 9.59 Å². The largest absolute Gasteiger partial charge is 0.490 e. The van der Waals surface area contributed by atoms with Crippen LogP contribution >= 0.6 is 0 Å². The minimum Gasteiger partial charge on any atom is -0.490 e. The first kappa shape index (κ1) is 25.7. The summed E-state index contributed by atoms with van der Waals surface area (Å²) in [5, 5.41) is 11.5. The summed E-state index contributed by atoms with van der Waals surface area (Å²) in [5.41, 5.74) is -0.116. The number of pyridine rings is 2. The molecule has 4 rings (SSSR count). The van der Waals surface area contributed by atoms with Crippen LogP contribution in [0.25, 0.3) is 0 Å². The minimum atomic E-state index is -1.43. The maximum atomic E-state index is 14.1. The highest BCUT2D eigenvalue weighted by atomic mass is 19.1. The van der Waals surface area contributed by atoms with Gasteiger partial charge in [-0.1, -0.05) is 0 Å². The Kier molecular flexibility index (Phi) is 8.60. The van der Waals surface area contributed by atoms with E-state index in [1.165, 1.54) is 19.1 Å². The van der Waals surface area contributed by atoms with E-state index in [9.17, 15) is 18.4 Å². The van der Waals surface area contributed by atoms with E-state index in [1.54, 1.807) is 0 Å². The van der Waals surface area contributed by atoms with Crippen molar-refractivity contribution in [2.45, 2.75) is 50.7 Å². The Morgan fingerprint density at radius 1 is 0.972 bits per heavy atom. The average molecular weight is 505 g/mol. The smallest absolute Gasteiger partial charge is 0.254 e. The number of hydrogen-bond donors (Lipinski definition) is 4. The number of aromatic nitrogens is 2. The third kappa shape index (κ3) is 6.85. The number of halogens is 2. The minimum absolute atomic E-state index is 0.113. The second-order valence-electron chi connectivity index (χ2n) is 8.83. The lowest BCUT2D eigenvalue weighted by Gasteiger charge is -2.21. The lowest BCUT2D eigenvalue weighted by molar-refractivity contribution is -0.125. The monoisotopic (exact) mass is 504 g/mol. The second-order valence-corrected chi connectivity index (χ2v) is 8.83. The SMILES string of the molecule is CC(=O)NC(C(=O)Nc1nc(F)ccc1OC[C@H]1CCCN1)c1nc(F)ccc1OC[C@@H]1CCCN1. The van der Waals surface area contributed by atoms with Gasteiger partial charge in [-0.25, -0.2) is 4.98 Å². The molecule has 12 heteroatoms. The Bertz CT molecular complexity index is 1080. The van der Waals surface area contributed by atoms with Crippen LogP contribution in [0.3, 0.4) is 0 Å². The van der Waals surface area contributed by atoms with Crippen molar-refractivity contribution in [2.75, 3.05) is 31.6 Å². The normalized spacial score (nSPS) is 20.1. The zero-order valence-electron chi connectivity index (χ0n) is 20.0. The van der Waals surface area contributed by atoms with Crippen molar-refractivity contribution in [3.63, 3.8) is 0 Å². The molecule has 36 heavy (non-hydrogen) atoms. The number of rotatable bonds is 10. The molecule has 2 aromatic heterocycles. The molecule has 10 nitrogen and oxygen atoms in total. The molecule has 0 aliphatic carbocycles. The van der Waals surface area contributed by atoms with Gasteiger partial charge in [-0.15, -0.1) is 0 Å². The summed E-state index contributed by atoms with van der Waals surface area (Å²) < 4.78 is 39.7. The Morgan fingerprint density at radius 2 is 1.56 bits per heavy atom. The predicted molar refractivity (Wildman–Crippen MR) is 127 cm³/mol. The van der Waals surface area contributed by atoms with Crippen LogP contribution in [0.1, 0.15) is 44.3 Å². The van der Waals surface area contributed by atoms with Crippen molar-refractivity contribution in [3.8, 4) is 11.5 Å². The van der Waals surface area contributed by atoms with Crippen LogP contribution in [0.2, 0.25) is 0 Å². The molecule has 2 aliphatic heterocycles. The second kappa shape index (κ2) is 12.0. The van der Waals surface area contributed by atoms with Crippen molar-refractivity contribution in [1.82, 2.24) is 25.9 Å². The molecule has 1 unspecified atom stereocenters. The van der Waals surface area contributed by atoms with E-state index in [0.29, 0.717) is 6.61 Å². The first-order valence-corrected chi connectivity index (χ1v) is 12.0. The fourth-order valence-electron chi connectivity index (χ4n) is 4.22. The van der Waals surface area contributed by atoms with E-state index < -0.39 is 29.8 Å². The average Bonchev–Trinajstić information content (AvgIpc) is 3.55. The topological polar surface area (TPSA) is 127 Å². The van der Waals surface area contributed by atoms with Gasteiger partial charge in [0.2, 0.25) is 17.8 Å². The van der Waals surface area contributed by atoms with E-state index in [0.717, 1.165) is 50.9 Å². The van der Waals surface area contributed by atoms with E-state index in [1.807, 2.05) is 0 Å². The summed E-state index contributed by atoms with van der Waals surface area (Å²) in [6.07, 6.45) is 3.90. The molecule has 4 N–H and O–H groups in total. The van der Waals surface area contributed by atoms with Gasteiger partial charge in [-0.2, -0.15) is 13.8 Å². The molecule has 2 fully saturated rings. The first-order valence-electron chi connectivity index (χ1n) is 12.0. The summed E-state index contributed by atoms with van der Waals surface area (Å²) in [6, 6.07) is 3.77. The molecule has 0 bridgehead atoms. The number of hydrogen-bond acceptors (Lipinski definition) is 8. The Hall–Kier alpha value is -3.38. The van der Waals surface area contributed by atoms with Crippen LogP contribution in [0, 0.1) is 11.9 Å². The fraction of sp³-hybridized carbons (Fsp3) is 0.500. The van der Waals surface area contributed by atoms with Crippen molar-refractivity contribution >= 4 is 17.6 Å². The summed E-state index contributed by atoms with van der Waals surface area (Å²) in [5.74, 6) is -2.90. The van der Waals surface area contributed by atoms with Crippen molar-refractivity contribution < 1.29 is 27.8 Å². The van der Waals surface area contributed by atoms with Crippen LogP contribution in [0.5, 0.6) is 11.5 Å². The van der Waals surface area contributed by atoms with Gasteiger partial charge < -0.3 is 30.7 Å². The summed E-state index contributed by atoms with van der Waals surface area (Å²) in [4.78, 5) is 32.9. The number of carbonyl (C=O) groups is 2. The Balaban J connectivity index is 1.55. The molecule has 2 aliphatic rings. The standard InChI is InChI=1S/C24H30F2N6O4/c1-14(33)29-22(21-17(6-8-19(25)30-21)35-12-15-4-2-10-27-15)24(34)32-23-18(7-9-20(26)31-23)36-13-16-5-3-11-28-16/h6-9,15-16,22,27-28H,2-5,10-13H2,1H3,(H,29,33)(H,31,32,34)/t15-,16+,22?/m0/s1. The third-order valence-electron chi connectivity index (χ3n) is 6.01. The van der Waals surface area contributed by atoms with Gasteiger partial charge in [-0.05, 0) is 63.0 Å². The number of ether oxygens (including phenoxy) is 2. The summed E-state index contributed by atoms with van der Waals surface area (Å²) >= 11 is 0.